The van der Waals surface area contributed by atoms with E-state index >= 15 is 0 Å². The van der Waals surface area contributed by atoms with Crippen LogP contribution in [0.15, 0.2) is 24.3 Å². The van der Waals surface area contributed by atoms with Gasteiger partial charge in [0.15, 0.2) is 0 Å². The van der Waals surface area contributed by atoms with E-state index in [1.165, 1.54) is 0 Å². The second-order valence-corrected chi connectivity index (χ2v) is 6.35. The van der Waals surface area contributed by atoms with Crippen LogP contribution < -0.4 is 4.74 Å². The maximum atomic E-state index is 12.6. The molecule has 3 unspecified atom stereocenters. The number of carbonyl (C=O) groups is 1. The minimum absolute atomic E-state index is 0.162. The molecule has 0 bridgehead atoms. The Morgan fingerprint density at radius 3 is 2.91 bits per heavy atom. The van der Waals surface area contributed by atoms with Crippen molar-refractivity contribution in [3.05, 3.63) is 29.8 Å². The van der Waals surface area contributed by atoms with Gasteiger partial charge in [0.05, 0.1) is 13.2 Å². The summed E-state index contributed by atoms with van der Waals surface area (Å²) in [5.41, 5.74) is 1.12. The molecule has 0 aliphatic carbocycles. The SMILES string of the molecule is COc1cccc(C(C)CC(=O)N2CCCC2CC(C)O)c1. The van der Waals surface area contributed by atoms with Gasteiger partial charge >= 0.3 is 0 Å². The first kappa shape index (κ1) is 16.8. The third-order valence-electron chi connectivity index (χ3n) is 4.45. The summed E-state index contributed by atoms with van der Waals surface area (Å²) in [5.74, 6) is 1.18. The monoisotopic (exact) mass is 305 g/mol. The fourth-order valence-corrected chi connectivity index (χ4v) is 3.25. The van der Waals surface area contributed by atoms with Crippen molar-refractivity contribution in [2.45, 2.75) is 57.6 Å². The minimum Gasteiger partial charge on any atom is -0.497 e. The van der Waals surface area contributed by atoms with Crippen molar-refractivity contribution >= 4 is 5.91 Å². The number of aliphatic hydroxyl groups excluding tert-OH is 1. The Balaban J connectivity index is 1.98. The van der Waals surface area contributed by atoms with Gasteiger partial charge in [0.25, 0.3) is 0 Å². The van der Waals surface area contributed by atoms with Gasteiger partial charge in [-0.15, -0.1) is 0 Å². The lowest BCUT2D eigenvalue weighted by atomic mass is 9.96. The summed E-state index contributed by atoms with van der Waals surface area (Å²) in [4.78, 5) is 14.6. The minimum atomic E-state index is -0.353. The molecule has 1 aromatic rings. The van der Waals surface area contributed by atoms with Crippen molar-refractivity contribution in [3.63, 3.8) is 0 Å². The van der Waals surface area contributed by atoms with Gasteiger partial charge in [-0.2, -0.15) is 0 Å². The number of likely N-dealkylation sites (tertiary alicyclic amines) is 1. The standard InChI is InChI=1S/C18H27NO3/c1-13(15-6-4-8-17(12-15)22-3)10-18(21)19-9-5-7-16(19)11-14(2)20/h4,6,8,12-14,16,20H,5,7,9-11H2,1-3H3. The Labute approximate surface area is 133 Å². The van der Waals surface area contributed by atoms with E-state index in [0.29, 0.717) is 12.8 Å². The van der Waals surface area contributed by atoms with Gasteiger partial charge in [-0.25, -0.2) is 0 Å². The molecule has 0 saturated carbocycles. The second-order valence-electron chi connectivity index (χ2n) is 6.35. The van der Waals surface area contributed by atoms with E-state index in [1.54, 1.807) is 14.0 Å². The molecule has 4 heteroatoms. The molecule has 0 aromatic heterocycles. The van der Waals surface area contributed by atoms with E-state index in [-0.39, 0.29) is 24.0 Å². The molecule has 1 aliphatic heterocycles. The lowest BCUT2D eigenvalue weighted by molar-refractivity contribution is -0.132. The highest BCUT2D eigenvalue weighted by atomic mass is 16.5. The molecule has 3 atom stereocenters. The molecule has 1 fully saturated rings. The Morgan fingerprint density at radius 1 is 1.45 bits per heavy atom. The van der Waals surface area contributed by atoms with Gasteiger partial charge in [-0.05, 0) is 49.8 Å². The molecule has 22 heavy (non-hydrogen) atoms. The van der Waals surface area contributed by atoms with Crippen LogP contribution in [0.1, 0.15) is 51.0 Å². The molecule has 1 amide bonds. The summed E-state index contributed by atoms with van der Waals surface area (Å²) in [7, 11) is 1.65. The molecule has 1 saturated heterocycles. The van der Waals surface area contributed by atoms with E-state index in [0.717, 1.165) is 30.7 Å². The van der Waals surface area contributed by atoms with Crippen molar-refractivity contribution in [3.8, 4) is 5.75 Å². The van der Waals surface area contributed by atoms with Crippen LogP contribution in [0, 0.1) is 0 Å². The Morgan fingerprint density at radius 2 is 2.23 bits per heavy atom. The van der Waals surface area contributed by atoms with Gasteiger partial charge in [0.2, 0.25) is 5.91 Å². The van der Waals surface area contributed by atoms with Crippen molar-refractivity contribution in [1.82, 2.24) is 4.90 Å². The number of aliphatic hydroxyl groups is 1. The van der Waals surface area contributed by atoms with E-state index < -0.39 is 0 Å². The van der Waals surface area contributed by atoms with Gasteiger partial charge in [0.1, 0.15) is 5.75 Å². The first-order chi connectivity index (χ1) is 10.5. The number of benzene rings is 1. The van der Waals surface area contributed by atoms with Crippen molar-refractivity contribution < 1.29 is 14.6 Å². The third kappa shape index (κ3) is 4.23. The maximum Gasteiger partial charge on any atom is 0.223 e. The van der Waals surface area contributed by atoms with Crippen LogP contribution in [0.4, 0.5) is 0 Å². The Hall–Kier alpha value is -1.55. The number of hydrogen-bond donors (Lipinski definition) is 1. The highest BCUT2D eigenvalue weighted by Crippen LogP contribution is 2.27. The number of hydrogen-bond acceptors (Lipinski definition) is 3. The van der Waals surface area contributed by atoms with E-state index in [9.17, 15) is 9.90 Å². The smallest absolute Gasteiger partial charge is 0.223 e. The molecule has 122 valence electrons. The zero-order valence-corrected chi connectivity index (χ0v) is 13.8. The van der Waals surface area contributed by atoms with Gasteiger partial charge in [-0.1, -0.05) is 19.1 Å². The van der Waals surface area contributed by atoms with Crippen molar-refractivity contribution in [1.29, 1.82) is 0 Å². The van der Waals surface area contributed by atoms with Crippen molar-refractivity contribution in [2.75, 3.05) is 13.7 Å². The van der Waals surface area contributed by atoms with Crippen LogP contribution in [0.25, 0.3) is 0 Å². The number of nitrogens with zero attached hydrogens (tertiary/aromatic N) is 1. The van der Waals surface area contributed by atoms with Crippen LogP contribution in [0.3, 0.4) is 0 Å². The topological polar surface area (TPSA) is 49.8 Å². The molecule has 1 heterocycles. The number of rotatable bonds is 6. The quantitative estimate of drug-likeness (QED) is 0.879. The Bertz CT molecular complexity index is 501. The summed E-state index contributed by atoms with van der Waals surface area (Å²) in [6.07, 6.45) is 2.87. The van der Waals surface area contributed by atoms with Gasteiger partial charge < -0.3 is 14.7 Å². The normalized spacial score (nSPS) is 20.7. The summed E-state index contributed by atoms with van der Waals surface area (Å²) < 4.78 is 5.25. The molecule has 4 nitrogen and oxygen atoms in total. The van der Waals surface area contributed by atoms with Crippen LogP contribution in [0.5, 0.6) is 5.75 Å². The Kier molecular flexibility index (Phi) is 5.83. The van der Waals surface area contributed by atoms with Gasteiger partial charge in [-0.3, -0.25) is 4.79 Å². The second kappa shape index (κ2) is 7.63. The molecule has 0 radical (unpaired) electrons. The van der Waals surface area contributed by atoms with Crippen molar-refractivity contribution in [2.24, 2.45) is 0 Å². The van der Waals surface area contributed by atoms with Gasteiger partial charge in [0, 0.05) is 19.0 Å². The highest BCUT2D eigenvalue weighted by Gasteiger charge is 2.30. The first-order valence-corrected chi connectivity index (χ1v) is 8.12. The first-order valence-electron chi connectivity index (χ1n) is 8.12. The lowest BCUT2D eigenvalue weighted by Crippen LogP contribution is -2.37. The summed E-state index contributed by atoms with van der Waals surface area (Å²) >= 11 is 0. The van der Waals surface area contributed by atoms with Crippen LogP contribution in [-0.2, 0) is 4.79 Å². The molecule has 0 spiro atoms. The fourth-order valence-electron chi connectivity index (χ4n) is 3.25. The molecule has 1 aliphatic rings. The third-order valence-corrected chi connectivity index (χ3v) is 4.45. The van der Waals surface area contributed by atoms with E-state index in [1.807, 2.05) is 29.2 Å². The molecular weight excluding hydrogens is 278 g/mol. The predicted molar refractivity (Wildman–Crippen MR) is 87.1 cm³/mol. The zero-order valence-electron chi connectivity index (χ0n) is 13.8. The zero-order chi connectivity index (χ0) is 16.1. The number of carbonyl (C=O) groups excluding carboxylic acids is 1. The molecule has 1 aromatic carbocycles. The predicted octanol–water partition coefficient (Wildman–Crippen LogP) is 2.95. The largest absolute Gasteiger partial charge is 0.497 e. The van der Waals surface area contributed by atoms with Crippen LogP contribution in [-0.4, -0.2) is 41.7 Å². The van der Waals surface area contributed by atoms with Crippen LogP contribution >= 0.6 is 0 Å². The molecule has 1 N–H and O–H groups in total. The summed E-state index contributed by atoms with van der Waals surface area (Å²) in [5, 5.41) is 9.58. The maximum absolute atomic E-state index is 12.6. The lowest BCUT2D eigenvalue weighted by Gasteiger charge is -2.27. The average Bonchev–Trinajstić information content (AvgIpc) is 2.94. The van der Waals surface area contributed by atoms with Crippen LogP contribution in [0.2, 0.25) is 0 Å². The molecular formula is C18H27NO3. The number of methoxy groups -OCH3 is 1. The number of amides is 1. The molecule has 2 rings (SSSR count). The summed E-state index contributed by atoms with van der Waals surface area (Å²) in [6.45, 7) is 4.69. The fraction of sp³-hybridized carbons (Fsp3) is 0.611. The van der Waals surface area contributed by atoms with E-state index in [2.05, 4.69) is 6.92 Å². The summed E-state index contributed by atoms with van der Waals surface area (Å²) in [6, 6.07) is 8.11. The number of ether oxygens (including phenoxy) is 1. The highest BCUT2D eigenvalue weighted by molar-refractivity contribution is 5.77. The average molecular weight is 305 g/mol. The van der Waals surface area contributed by atoms with E-state index in [4.69, 9.17) is 4.74 Å².